The molecule has 0 bridgehead atoms. The van der Waals surface area contributed by atoms with Gasteiger partial charge in [0.2, 0.25) is 0 Å². The number of rotatable bonds is 4. The molecule has 0 atom stereocenters. The molecule has 1 aromatic carbocycles. The van der Waals surface area contributed by atoms with Gasteiger partial charge in [-0.05, 0) is 31.4 Å². The fourth-order valence-electron chi connectivity index (χ4n) is 1.99. The number of halogens is 3. The highest BCUT2D eigenvalue weighted by molar-refractivity contribution is 5.97. The van der Waals surface area contributed by atoms with Gasteiger partial charge in [0.25, 0.3) is 5.91 Å². The molecule has 0 radical (unpaired) electrons. The maximum atomic E-state index is 13.8. The molecule has 0 heterocycles. The van der Waals surface area contributed by atoms with Gasteiger partial charge in [0.15, 0.2) is 11.6 Å². The molecular formula is C13H14F3NO3. The first-order valence-electron chi connectivity index (χ1n) is 6.05. The van der Waals surface area contributed by atoms with Crippen LogP contribution in [0.2, 0.25) is 0 Å². The van der Waals surface area contributed by atoms with Gasteiger partial charge in [-0.1, -0.05) is 0 Å². The number of ether oxygens (including phenoxy) is 1. The van der Waals surface area contributed by atoms with E-state index in [-0.39, 0.29) is 24.3 Å². The lowest BCUT2D eigenvalue weighted by Crippen LogP contribution is -2.59. The fraction of sp³-hybridized carbons (Fsp3) is 0.462. The molecule has 0 saturated heterocycles. The van der Waals surface area contributed by atoms with Gasteiger partial charge in [-0.3, -0.25) is 4.79 Å². The van der Waals surface area contributed by atoms with Crippen molar-refractivity contribution in [3.05, 3.63) is 24.0 Å². The molecule has 1 amide bonds. The normalized spacial score (nSPS) is 17.2. The van der Waals surface area contributed by atoms with Crippen molar-refractivity contribution in [2.24, 2.45) is 0 Å². The van der Waals surface area contributed by atoms with Crippen molar-refractivity contribution < 1.29 is 27.8 Å². The molecule has 7 heteroatoms. The van der Waals surface area contributed by atoms with Gasteiger partial charge in [0, 0.05) is 11.8 Å². The molecule has 0 unspecified atom stereocenters. The number of nitrogens with one attached hydrogen (secondary N) is 1. The van der Waals surface area contributed by atoms with Crippen LogP contribution in [0, 0.1) is 5.82 Å². The maximum absolute atomic E-state index is 13.8. The molecule has 110 valence electrons. The largest absolute Gasteiger partial charge is 0.494 e. The van der Waals surface area contributed by atoms with Crippen LogP contribution in [-0.2, 0) is 4.79 Å². The molecule has 1 aliphatic rings. The average Bonchev–Trinajstić information content (AvgIpc) is 2.35. The summed E-state index contributed by atoms with van der Waals surface area (Å²) in [6.07, 6.45) is 0.172. The van der Waals surface area contributed by atoms with Crippen LogP contribution in [0.5, 0.6) is 5.75 Å². The third-order valence-electron chi connectivity index (χ3n) is 3.46. The Morgan fingerprint density at radius 3 is 2.55 bits per heavy atom. The van der Waals surface area contributed by atoms with E-state index >= 15 is 0 Å². The monoisotopic (exact) mass is 289 g/mol. The summed E-state index contributed by atoms with van der Waals surface area (Å²) in [5.41, 5.74) is -2.43. The van der Waals surface area contributed by atoms with Gasteiger partial charge in [-0.15, -0.1) is 0 Å². The van der Waals surface area contributed by atoms with Crippen LogP contribution in [0.1, 0.15) is 19.3 Å². The van der Waals surface area contributed by atoms with Crippen LogP contribution in [0.25, 0.3) is 0 Å². The zero-order valence-corrected chi connectivity index (χ0v) is 10.8. The van der Waals surface area contributed by atoms with Gasteiger partial charge in [0.1, 0.15) is 5.60 Å². The van der Waals surface area contributed by atoms with Crippen LogP contribution in [-0.4, -0.2) is 29.6 Å². The molecule has 0 aromatic heterocycles. The summed E-state index contributed by atoms with van der Waals surface area (Å²) in [6.45, 7) is 0. The Balaban J connectivity index is 2.13. The van der Waals surface area contributed by atoms with Crippen molar-refractivity contribution in [1.29, 1.82) is 0 Å². The van der Waals surface area contributed by atoms with Crippen LogP contribution >= 0.6 is 0 Å². The topological polar surface area (TPSA) is 58.6 Å². The Labute approximate surface area is 113 Å². The van der Waals surface area contributed by atoms with E-state index in [1.807, 2.05) is 5.32 Å². The number of hydrogen-bond acceptors (Lipinski definition) is 3. The second kappa shape index (κ2) is 4.97. The Morgan fingerprint density at radius 2 is 2.10 bits per heavy atom. The van der Waals surface area contributed by atoms with E-state index in [9.17, 15) is 23.1 Å². The third-order valence-corrected chi connectivity index (χ3v) is 3.46. The standard InChI is InChI=1S/C13H14F3NO3/c1-20-10-4-3-8(7-9(10)14)17-11(18)13(15,16)12(19)5-2-6-12/h3-4,7,19H,2,5-6H2,1H3,(H,17,18). The first-order chi connectivity index (χ1) is 9.30. The quantitative estimate of drug-likeness (QED) is 0.894. The summed E-state index contributed by atoms with van der Waals surface area (Å²) in [4.78, 5) is 11.6. The van der Waals surface area contributed by atoms with Gasteiger partial charge >= 0.3 is 5.92 Å². The van der Waals surface area contributed by atoms with Gasteiger partial charge in [0.05, 0.1) is 7.11 Å². The minimum absolute atomic E-state index is 0.0626. The third kappa shape index (κ3) is 2.33. The fourth-order valence-corrected chi connectivity index (χ4v) is 1.99. The van der Waals surface area contributed by atoms with Crippen LogP contribution in [0.4, 0.5) is 18.9 Å². The van der Waals surface area contributed by atoms with Crippen LogP contribution in [0.15, 0.2) is 18.2 Å². The summed E-state index contributed by atoms with van der Waals surface area (Å²) in [5, 5.41) is 11.5. The Morgan fingerprint density at radius 1 is 1.45 bits per heavy atom. The Kier molecular flexibility index (Phi) is 3.64. The second-order valence-electron chi connectivity index (χ2n) is 4.76. The molecule has 1 aromatic rings. The van der Waals surface area contributed by atoms with E-state index in [0.29, 0.717) is 6.42 Å². The minimum Gasteiger partial charge on any atom is -0.494 e. The first-order valence-corrected chi connectivity index (χ1v) is 6.05. The number of aliphatic hydroxyl groups is 1. The van der Waals surface area contributed by atoms with E-state index in [4.69, 9.17) is 0 Å². The highest BCUT2D eigenvalue weighted by Gasteiger charge is 2.61. The van der Waals surface area contributed by atoms with Crippen molar-refractivity contribution in [3.63, 3.8) is 0 Å². The summed E-state index contributed by atoms with van der Waals surface area (Å²) in [7, 11) is 1.26. The molecule has 20 heavy (non-hydrogen) atoms. The average molecular weight is 289 g/mol. The van der Waals surface area contributed by atoms with E-state index in [0.717, 1.165) is 6.07 Å². The Hall–Kier alpha value is -1.76. The molecule has 0 spiro atoms. The second-order valence-corrected chi connectivity index (χ2v) is 4.76. The summed E-state index contributed by atoms with van der Waals surface area (Å²) >= 11 is 0. The van der Waals surface area contributed by atoms with Crippen molar-refractivity contribution in [3.8, 4) is 5.75 Å². The number of methoxy groups -OCH3 is 1. The van der Waals surface area contributed by atoms with Crippen molar-refractivity contribution >= 4 is 11.6 Å². The summed E-state index contributed by atoms with van der Waals surface area (Å²) < 4.78 is 45.7. The van der Waals surface area contributed by atoms with E-state index in [1.165, 1.54) is 19.2 Å². The van der Waals surface area contributed by atoms with E-state index in [1.54, 1.807) is 0 Å². The summed E-state index contributed by atoms with van der Waals surface area (Å²) in [6, 6.07) is 3.32. The van der Waals surface area contributed by atoms with Crippen LogP contribution in [0.3, 0.4) is 0 Å². The molecule has 0 aliphatic heterocycles. The number of carbonyl (C=O) groups is 1. The first kappa shape index (κ1) is 14.6. The molecule has 1 saturated carbocycles. The van der Waals surface area contributed by atoms with Gasteiger partial charge in [-0.25, -0.2) is 4.39 Å². The van der Waals surface area contributed by atoms with Crippen molar-refractivity contribution in [2.45, 2.75) is 30.8 Å². The Bertz CT molecular complexity index is 530. The van der Waals surface area contributed by atoms with Gasteiger partial charge < -0.3 is 15.2 Å². The zero-order valence-electron chi connectivity index (χ0n) is 10.8. The maximum Gasteiger partial charge on any atom is 0.352 e. The molecular weight excluding hydrogens is 275 g/mol. The number of hydrogen-bond donors (Lipinski definition) is 2. The van der Waals surface area contributed by atoms with Crippen molar-refractivity contribution in [2.75, 3.05) is 12.4 Å². The number of amides is 1. The minimum atomic E-state index is -3.92. The highest BCUT2D eigenvalue weighted by Crippen LogP contribution is 2.44. The predicted molar refractivity (Wildman–Crippen MR) is 65.3 cm³/mol. The number of benzene rings is 1. The number of alkyl halides is 2. The van der Waals surface area contributed by atoms with E-state index in [2.05, 4.69) is 4.74 Å². The van der Waals surface area contributed by atoms with Crippen LogP contribution < -0.4 is 10.1 Å². The highest BCUT2D eigenvalue weighted by atomic mass is 19.3. The lowest BCUT2D eigenvalue weighted by molar-refractivity contribution is -0.212. The molecule has 1 aliphatic carbocycles. The molecule has 1 fully saturated rings. The number of anilines is 1. The van der Waals surface area contributed by atoms with Crippen molar-refractivity contribution in [1.82, 2.24) is 0 Å². The SMILES string of the molecule is COc1ccc(NC(=O)C(F)(F)C2(O)CCC2)cc1F. The van der Waals surface area contributed by atoms with Gasteiger partial charge in [-0.2, -0.15) is 8.78 Å². The molecule has 4 nitrogen and oxygen atoms in total. The summed E-state index contributed by atoms with van der Waals surface area (Å²) in [5.74, 6) is -6.41. The van der Waals surface area contributed by atoms with E-state index < -0.39 is 23.2 Å². The molecule has 2 N–H and O–H groups in total. The zero-order chi connectivity index (χ0) is 15.0. The lowest BCUT2D eigenvalue weighted by atomic mass is 9.75. The lowest BCUT2D eigenvalue weighted by Gasteiger charge is -2.41. The number of carbonyl (C=O) groups excluding carboxylic acids is 1. The molecule has 2 rings (SSSR count). The predicted octanol–water partition coefficient (Wildman–Crippen LogP) is 2.32. The smallest absolute Gasteiger partial charge is 0.352 e.